The van der Waals surface area contributed by atoms with E-state index in [0.717, 1.165) is 18.3 Å². The molecule has 0 aliphatic carbocycles. The Kier molecular flexibility index (Phi) is 2.79. The zero-order valence-electron chi connectivity index (χ0n) is 10.8. The summed E-state index contributed by atoms with van der Waals surface area (Å²) in [4.78, 5) is 9.75. The number of hydrogen-bond acceptors (Lipinski definition) is 3. The number of nitrogens with zero attached hydrogens (tertiary/aromatic N) is 3. The van der Waals surface area contributed by atoms with Crippen molar-refractivity contribution < 1.29 is 0 Å². The Morgan fingerprint density at radius 3 is 2.88 bits per heavy atom. The minimum absolute atomic E-state index is 0.782. The number of aryl methyl sites for hydroxylation is 2. The average molecular weight is 231 g/mol. The lowest BCUT2D eigenvalue weighted by molar-refractivity contribution is 0.231. The molecule has 2 fully saturated rings. The third-order valence-corrected chi connectivity index (χ3v) is 4.13. The quantitative estimate of drug-likeness (QED) is 0.737. The molecule has 0 radical (unpaired) electrons. The summed E-state index contributed by atoms with van der Waals surface area (Å²) < 4.78 is 0. The number of fused-ring (bicyclic) bond motifs is 1. The van der Waals surface area contributed by atoms with Crippen LogP contribution in [0.2, 0.25) is 0 Å². The first-order valence-corrected chi connectivity index (χ1v) is 6.67. The lowest BCUT2D eigenvalue weighted by Gasteiger charge is -2.39. The largest absolute Gasteiger partial charge is 0.367 e. The highest BCUT2D eigenvalue weighted by atomic mass is 15.3. The predicted molar refractivity (Wildman–Crippen MR) is 70.5 cm³/mol. The molecule has 92 valence electrons. The molecule has 0 N–H and O–H groups in total. The predicted octanol–water partition coefficient (Wildman–Crippen LogP) is 1.98. The van der Waals surface area contributed by atoms with Crippen LogP contribution in [0.3, 0.4) is 0 Å². The summed E-state index contributed by atoms with van der Waals surface area (Å²) in [7, 11) is 0. The fourth-order valence-electron chi connectivity index (χ4n) is 3.22. The van der Waals surface area contributed by atoms with Gasteiger partial charge >= 0.3 is 0 Å². The van der Waals surface area contributed by atoms with Crippen LogP contribution in [-0.4, -0.2) is 42.1 Å². The smallest absolute Gasteiger partial charge is 0.0608 e. The molecule has 0 amide bonds. The molecule has 0 aromatic carbocycles. The van der Waals surface area contributed by atoms with Crippen molar-refractivity contribution in [2.45, 2.75) is 32.7 Å². The molecular weight excluding hydrogens is 210 g/mol. The van der Waals surface area contributed by atoms with Gasteiger partial charge in [-0.25, -0.2) is 0 Å². The Morgan fingerprint density at radius 2 is 2.06 bits per heavy atom. The number of anilines is 1. The van der Waals surface area contributed by atoms with Crippen molar-refractivity contribution in [3.05, 3.63) is 23.5 Å². The van der Waals surface area contributed by atoms with Gasteiger partial charge in [-0.15, -0.1) is 0 Å². The molecule has 3 rings (SSSR count). The van der Waals surface area contributed by atoms with Crippen LogP contribution in [-0.2, 0) is 0 Å². The van der Waals surface area contributed by atoms with E-state index in [1.165, 1.54) is 43.9 Å². The molecule has 2 aliphatic heterocycles. The molecule has 1 unspecified atom stereocenters. The summed E-state index contributed by atoms with van der Waals surface area (Å²) >= 11 is 0. The second-order valence-electron chi connectivity index (χ2n) is 5.34. The summed E-state index contributed by atoms with van der Waals surface area (Å²) in [5, 5.41) is 0. The molecule has 0 spiro atoms. The number of aromatic nitrogens is 1. The zero-order valence-corrected chi connectivity index (χ0v) is 10.8. The molecule has 0 saturated carbocycles. The van der Waals surface area contributed by atoms with Gasteiger partial charge in [0.15, 0.2) is 0 Å². The minimum atomic E-state index is 0.782. The second-order valence-corrected chi connectivity index (χ2v) is 5.34. The highest BCUT2D eigenvalue weighted by Gasteiger charge is 2.30. The highest BCUT2D eigenvalue weighted by Crippen LogP contribution is 2.26. The van der Waals surface area contributed by atoms with Gasteiger partial charge in [0.1, 0.15) is 0 Å². The maximum absolute atomic E-state index is 4.58. The monoisotopic (exact) mass is 231 g/mol. The van der Waals surface area contributed by atoms with Crippen LogP contribution < -0.4 is 4.90 Å². The van der Waals surface area contributed by atoms with Crippen LogP contribution in [0.5, 0.6) is 0 Å². The van der Waals surface area contributed by atoms with E-state index in [1.54, 1.807) is 0 Å². The standard InChI is InChI=1S/C14H21N3/c1-11-5-6-14(12(2)15-11)17-9-8-16-7-3-4-13(16)10-17/h5-6,13H,3-4,7-10H2,1-2H3. The molecule has 2 aliphatic rings. The van der Waals surface area contributed by atoms with Gasteiger partial charge in [-0.2, -0.15) is 0 Å². The molecule has 0 bridgehead atoms. The van der Waals surface area contributed by atoms with E-state index in [1.807, 2.05) is 0 Å². The summed E-state index contributed by atoms with van der Waals surface area (Å²) in [6.07, 6.45) is 2.75. The van der Waals surface area contributed by atoms with Gasteiger partial charge < -0.3 is 4.90 Å². The van der Waals surface area contributed by atoms with Gasteiger partial charge in [0.25, 0.3) is 0 Å². The Balaban J connectivity index is 1.80. The summed E-state index contributed by atoms with van der Waals surface area (Å²) in [5.74, 6) is 0. The van der Waals surface area contributed by atoms with E-state index in [4.69, 9.17) is 0 Å². The maximum Gasteiger partial charge on any atom is 0.0608 e. The summed E-state index contributed by atoms with van der Waals surface area (Å²) in [6, 6.07) is 5.15. The Morgan fingerprint density at radius 1 is 1.18 bits per heavy atom. The third kappa shape index (κ3) is 2.04. The van der Waals surface area contributed by atoms with Crippen molar-refractivity contribution in [3.63, 3.8) is 0 Å². The first-order chi connectivity index (χ1) is 8.24. The normalized spacial score (nSPS) is 25.1. The molecule has 17 heavy (non-hydrogen) atoms. The first kappa shape index (κ1) is 11.0. The molecule has 1 aromatic rings. The fraction of sp³-hybridized carbons (Fsp3) is 0.643. The van der Waals surface area contributed by atoms with E-state index in [0.29, 0.717) is 0 Å². The molecule has 1 atom stereocenters. The molecular formula is C14H21N3. The van der Waals surface area contributed by atoms with Crippen LogP contribution in [0.1, 0.15) is 24.2 Å². The van der Waals surface area contributed by atoms with Crippen LogP contribution >= 0.6 is 0 Å². The number of rotatable bonds is 1. The Bertz CT molecular complexity index is 416. The SMILES string of the molecule is Cc1ccc(N2CCN3CCCC3C2)c(C)n1. The van der Waals surface area contributed by atoms with E-state index < -0.39 is 0 Å². The fourth-order valence-corrected chi connectivity index (χ4v) is 3.22. The van der Waals surface area contributed by atoms with Gasteiger partial charge in [-0.3, -0.25) is 9.88 Å². The van der Waals surface area contributed by atoms with Crippen molar-refractivity contribution in [1.82, 2.24) is 9.88 Å². The maximum atomic E-state index is 4.58. The molecule has 3 heterocycles. The van der Waals surface area contributed by atoms with E-state index >= 15 is 0 Å². The van der Waals surface area contributed by atoms with Crippen LogP contribution in [0.25, 0.3) is 0 Å². The molecule has 1 aromatic heterocycles. The van der Waals surface area contributed by atoms with E-state index in [-0.39, 0.29) is 0 Å². The van der Waals surface area contributed by atoms with Gasteiger partial charge in [-0.1, -0.05) is 0 Å². The Labute approximate surface area is 103 Å². The van der Waals surface area contributed by atoms with Gasteiger partial charge in [0.2, 0.25) is 0 Å². The van der Waals surface area contributed by atoms with E-state index in [2.05, 4.69) is 40.8 Å². The van der Waals surface area contributed by atoms with Gasteiger partial charge in [0.05, 0.1) is 11.4 Å². The topological polar surface area (TPSA) is 19.4 Å². The summed E-state index contributed by atoms with van der Waals surface area (Å²) in [6.45, 7) is 9.06. The lowest BCUT2D eigenvalue weighted by atomic mass is 10.1. The van der Waals surface area contributed by atoms with Crippen molar-refractivity contribution in [3.8, 4) is 0 Å². The highest BCUT2D eigenvalue weighted by molar-refractivity contribution is 5.51. The van der Waals surface area contributed by atoms with E-state index in [9.17, 15) is 0 Å². The molecule has 2 saturated heterocycles. The lowest BCUT2D eigenvalue weighted by Crippen LogP contribution is -2.50. The molecule has 3 heteroatoms. The van der Waals surface area contributed by atoms with Crippen molar-refractivity contribution >= 4 is 5.69 Å². The van der Waals surface area contributed by atoms with Crippen molar-refractivity contribution in [2.24, 2.45) is 0 Å². The summed E-state index contributed by atoms with van der Waals surface area (Å²) in [5.41, 5.74) is 3.63. The Hall–Kier alpha value is -1.09. The van der Waals surface area contributed by atoms with Crippen LogP contribution in [0.4, 0.5) is 5.69 Å². The van der Waals surface area contributed by atoms with Crippen LogP contribution in [0, 0.1) is 13.8 Å². The molecule has 3 nitrogen and oxygen atoms in total. The number of pyridine rings is 1. The number of piperazine rings is 1. The minimum Gasteiger partial charge on any atom is -0.367 e. The second kappa shape index (κ2) is 4.30. The van der Waals surface area contributed by atoms with Crippen molar-refractivity contribution in [2.75, 3.05) is 31.1 Å². The third-order valence-electron chi connectivity index (χ3n) is 4.13. The van der Waals surface area contributed by atoms with Gasteiger partial charge in [0, 0.05) is 31.4 Å². The average Bonchev–Trinajstić information content (AvgIpc) is 2.75. The van der Waals surface area contributed by atoms with Crippen LogP contribution in [0.15, 0.2) is 12.1 Å². The first-order valence-electron chi connectivity index (χ1n) is 6.67. The van der Waals surface area contributed by atoms with Crippen molar-refractivity contribution in [1.29, 1.82) is 0 Å². The number of hydrogen-bond donors (Lipinski definition) is 0. The zero-order chi connectivity index (χ0) is 11.8. The van der Waals surface area contributed by atoms with Gasteiger partial charge in [-0.05, 0) is 45.4 Å².